The predicted octanol–water partition coefficient (Wildman–Crippen LogP) is 3.30. The van der Waals surface area contributed by atoms with E-state index in [0.29, 0.717) is 12.8 Å². The van der Waals surface area contributed by atoms with Crippen molar-refractivity contribution in [2.24, 2.45) is 5.92 Å². The third kappa shape index (κ3) is 5.07. The van der Waals surface area contributed by atoms with Crippen molar-refractivity contribution < 1.29 is 29.0 Å². The number of carboxylic acid groups (broad SMARTS) is 1. The molecule has 0 spiro atoms. The molecule has 0 heterocycles. The first-order chi connectivity index (χ1) is 16.5. The lowest BCUT2D eigenvalue weighted by Crippen LogP contribution is -2.46. The molecule has 0 aromatic heterocycles. The smallest absolute Gasteiger partial charge is 0.407 e. The Labute approximate surface area is 198 Å². The highest BCUT2D eigenvalue weighted by Gasteiger charge is 2.35. The maximum absolute atomic E-state index is 12.5. The number of hydrogen-bond donors (Lipinski definition) is 3. The Balaban J connectivity index is 1.25. The van der Waals surface area contributed by atoms with Gasteiger partial charge < -0.3 is 25.2 Å². The number of nitrogens with one attached hydrogen (secondary N) is 2. The molecule has 4 rings (SSSR count). The lowest BCUT2D eigenvalue weighted by molar-refractivity contribution is -0.142. The number of benzene rings is 2. The monoisotopic (exact) mass is 466 g/mol. The molecule has 8 nitrogen and oxygen atoms in total. The van der Waals surface area contributed by atoms with Crippen LogP contribution in [0.15, 0.2) is 48.5 Å². The van der Waals surface area contributed by atoms with Crippen LogP contribution in [-0.2, 0) is 19.1 Å². The van der Waals surface area contributed by atoms with Gasteiger partial charge in [-0.25, -0.2) is 4.79 Å². The van der Waals surface area contributed by atoms with Crippen molar-refractivity contribution in [3.05, 3.63) is 59.7 Å². The van der Waals surface area contributed by atoms with E-state index in [1.54, 1.807) is 0 Å². The van der Waals surface area contributed by atoms with Gasteiger partial charge in [0.1, 0.15) is 12.7 Å². The van der Waals surface area contributed by atoms with Crippen LogP contribution >= 0.6 is 0 Å². The molecule has 0 aliphatic heterocycles. The summed E-state index contributed by atoms with van der Waals surface area (Å²) in [6.45, 7) is 0.405. The highest BCUT2D eigenvalue weighted by molar-refractivity contribution is 5.82. The number of amides is 2. The molecule has 2 aliphatic carbocycles. The van der Waals surface area contributed by atoms with Crippen LogP contribution in [-0.4, -0.2) is 55.5 Å². The summed E-state index contributed by atoms with van der Waals surface area (Å²) >= 11 is 0. The minimum absolute atomic E-state index is 0.0238. The summed E-state index contributed by atoms with van der Waals surface area (Å²) in [6, 6.07) is 15.9. The molecule has 8 heteroatoms. The Kier molecular flexibility index (Phi) is 7.47. The number of hydrogen-bond acceptors (Lipinski definition) is 5. The Morgan fingerprint density at radius 1 is 1.03 bits per heavy atom. The molecule has 1 saturated carbocycles. The van der Waals surface area contributed by atoms with Crippen LogP contribution in [0.4, 0.5) is 4.79 Å². The summed E-state index contributed by atoms with van der Waals surface area (Å²) in [5.74, 6) is -1.85. The van der Waals surface area contributed by atoms with Gasteiger partial charge in [-0.15, -0.1) is 0 Å². The van der Waals surface area contributed by atoms with Crippen LogP contribution in [0.5, 0.6) is 0 Å². The second-order valence-corrected chi connectivity index (χ2v) is 8.76. The highest BCUT2D eigenvalue weighted by atomic mass is 16.5. The van der Waals surface area contributed by atoms with Crippen molar-refractivity contribution in [3.63, 3.8) is 0 Å². The number of carbonyl (C=O) groups is 3. The van der Waals surface area contributed by atoms with Crippen LogP contribution in [0.2, 0.25) is 0 Å². The van der Waals surface area contributed by atoms with E-state index >= 15 is 0 Å². The van der Waals surface area contributed by atoms with Gasteiger partial charge in [0.15, 0.2) is 0 Å². The molecule has 3 N–H and O–H groups in total. The number of carboxylic acids is 1. The zero-order valence-corrected chi connectivity index (χ0v) is 19.2. The molecule has 2 aliphatic rings. The van der Waals surface area contributed by atoms with Crippen molar-refractivity contribution in [1.82, 2.24) is 10.6 Å². The number of methoxy groups -OCH3 is 1. The minimum Gasteiger partial charge on any atom is -0.481 e. The van der Waals surface area contributed by atoms with Crippen molar-refractivity contribution in [1.29, 1.82) is 0 Å². The van der Waals surface area contributed by atoms with Crippen LogP contribution in [0.3, 0.4) is 0 Å². The Morgan fingerprint density at radius 3 is 2.29 bits per heavy atom. The number of alkyl carbamates (subject to hydrolysis) is 1. The van der Waals surface area contributed by atoms with Crippen LogP contribution in [0.1, 0.15) is 42.7 Å². The lowest BCUT2D eigenvalue weighted by atomic mass is 9.98. The van der Waals surface area contributed by atoms with Crippen LogP contribution in [0.25, 0.3) is 11.1 Å². The molecule has 1 unspecified atom stereocenters. The van der Waals surface area contributed by atoms with Gasteiger partial charge >= 0.3 is 12.1 Å². The maximum Gasteiger partial charge on any atom is 0.407 e. The van der Waals surface area contributed by atoms with Crippen molar-refractivity contribution in [2.75, 3.05) is 20.3 Å². The fourth-order valence-electron chi connectivity index (χ4n) is 5.01. The van der Waals surface area contributed by atoms with E-state index in [9.17, 15) is 19.5 Å². The first-order valence-corrected chi connectivity index (χ1v) is 11.6. The quantitative estimate of drug-likeness (QED) is 0.523. The molecule has 0 radical (unpaired) electrons. The van der Waals surface area contributed by atoms with E-state index in [1.807, 2.05) is 24.3 Å². The Morgan fingerprint density at radius 2 is 1.68 bits per heavy atom. The summed E-state index contributed by atoms with van der Waals surface area (Å²) in [5.41, 5.74) is 4.60. The van der Waals surface area contributed by atoms with Gasteiger partial charge in [0.2, 0.25) is 5.91 Å². The molecular formula is C26H30N2O6. The van der Waals surface area contributed by atoms with Gasteiger partial charge in [-0.1, -0.05) is 55.0 Å². The zero-order valence-electron chi connectivity index (χ0n) is 19.2. The van der Waals surface area contributed by atoms with Gasteiger partial charge in [-0.2, -0.15) is 0 Å². The first kappa shape index (κ1) is 23.8. The Hall–Kier alpha value is -3.39. The van der Waals surface area contributed by atoms with E-state index in [1.165, 1.54) is 7.11 Å². The molecule has 0 saturated heterocycles. The highest BCUT2D eigenvalue weighted by Crippen LogP contribution is 2.44. The molecule has 180 valence electrons. The van der Waals surface area contributed by atoms with Crippen molar-refractivity contribution in [2.45, 2.75) is 43.7 Å². The van der Waals surface area contributed by atoms with Gasteiger partial charge in [0.05, 0.1) is 5.92 Å². The first-order valence-electron chi connectivity index (χ1n) is 11.6. The average molecular weight is 467 g/mol. The molecule has 3 atom stereocenters. The largest absolute Gasteiger partial charge is 0.481 e. The average Bonchev–Trinajstić information content (AvgIpc) is 3.43. The van der Waals surface area contributed by atoms with E-state index in [-0.39, 0.29) is 31.4 Å². The summed E-state index contributed by atoms with van der Waals surface area (Å²) in [6.07, 6.45) is 0.862. The Bertz CT molecular complexity index is 1010. The number of aliphatic carboxylic acids is 1. The summed E-state index contributed by atoms with van der Waals surface area (Å²) in [4.78, 5) is 36.2. The lowest BCUT2D eigenvalue weighted by Gasteiger charge is -2.21. The normalized spacial score (nSPS) is 19.7. The SMILES string of the molecule is COC(CCNC(=O)OCC1c2ccccc2-c2ccccc21)C(=O)N[C@@H]1CCC[C@@H]1C(=O)O. The molecular weight excluding hydrogens is 436 g/mol. The standard InChI is InChI=1S/C26H30N2O6/c1-33-23(24(29)28-22-12-6-11-20(22)25(30)31)13-14-27-26(32)34-15-21-18-9-4-2-7-16(18)17-8-3-5-10-19(17)21/h2-5,7-10,20-23H,6,11-15H2,1H3,(H,27,32)(H,28,29)(H,30,31)/t20-,22+,23?/m0/s1. The molecule has 2 amide bonds. The van der Waals surface area contributed by atoms with Gasteiger partial charge in [-0.3, -0.25) is 9.59 Å². The van der Waals surface area contributed by atoms with E-state index in [0.717, 1.165) is 28.7 Å². The zero-order chi connectivity index (χ0) is 24.1. The fraction of sp³-hybridized carbons (Fsp3) is 0.423. The predicted molar refractivity (Wildman–Crippen MR) is 125 cm³/mol. The molecule has 2 aromatic carbocycles. The number of rotatable bonds is 9. The summed E-state index contributed by atoms with van der Waals surface area (Å²) < 4.78 is 10.8. The van der Waals surface area contributed by atoms with Crippen molar-refractivity contribution >= 4 is 18.0 Å². The van der Waals surface area contributed by atoms with Gasteiger partial charge in [-0.05, 0) is 35.1 Å². The molecule has 34 heavy (non-hydrogen) atoms. The van der Waals surface area contributed by atoms with Gasteiger partial charge in [0, 0.05) is 32.0 Å². The van der Waals surface area contributed by atoms with E-state index in [2.05, 4.69) is 34.9 Å². The fourth-order valence-corrected chi connectivity index (χ4v) is 5.01. The molecule has 2 aromatic rings. The van der Waals surface area contributed by atoms with Crippen molar-refractivity contribution in [3.8, 4) is 11.1 Å². The van der Waals surface area contributed by atoms with Gasteiger partial charge in [0.25, 0.3) is 0 Å². The maximum atomic E-state index is 12.5. The third-order valence-electron chi connectivity index (χ3n) is 6.76. The second kappa shape index (κ2) is 10.7. The second-order valence-electron chi connectivity index (χ2n) is 8.76. The summed E-state index contributed by atoms with van der Waals surface area (Å²) in [5, 5.41) is 14.8. The number of carbonyl (C=O) groups excluding carboxylic acids is 2. The van der Waals surface area contributed by atoms with E-state index < -0.39 is 30.1 Å². The third-order valence-corrected chi connectivity index (χ3v) is 6.76. The number of ether oxygens (including phenoxy) is 2. The molecule has 1 fully saturated rings. The summed E-state index contributed by atoms with van der Waals surface area (Å²) in [7, 11) is 1.42. The minimum atomic E-state index is -0.895. The van der Waals surface area contributed by atoms with Crippen LogP contribution < -0.4 is 10.6 Å². The number of fused-ring (bicyclic) bond motifs is 3. The topological polar surface area (TPSA) is 114 Å². The van der Waals surface area contributed by atoms with Crippen LogP contribution in [0, 0.1) is 5.92 Å². The van der Waals surface area contributed by atoms with E-state index in [4.69, 9.17) is 9.47 Å². The molecule has 0 bridgehead atoms.